The Bertz CT molecular complexity index is 522. The molecule has 1 aromatic rings. The van der Waals surface area contributed by atoms with Crippen LogP contribution in [0.2, 0.25) is 0 Å². The number of rotatable bonds is 3. The van der Waals surface area contributed by atoms with Gasteiger partial charge in [-0.1, -0.05) is 29.3 Å². The van der Waals surface area contributed by atoms with Crippen molar-refractivity contribution in [2.75, 3.05) is 26.7 Å². The smallest absolute Gasteiger partial charge is 0.242 e. The van der Waals surface area contributed by atoms with E-state index >= 15 is 0 Å². The van der Waals surface area contributed by atoms with E-state index in [2.05, 4.69) is 6.07 Å². The molecule has 0 spiro atoms. The quantitative estimate of drug-likeness (QED) is 0.878. The predicted molar refractivity (Wildman–Crippen MR) is 77.1 cm³/mol. The van der Waals surface area contributed by atoms with Gasteiger partial charge in [0.2, 0.25) is 11.8 Å². The molecule has 1 atom stereocenters. The maximum atomic E-state index is 11.9. The van der Waals surface area contributed by atoms with Crippen LogP contribution in [-0.2, 0) is 9.59 Å². The fraction of sp³-hybridized carbons (Fsp3) is 0.467. The number of carbonyl (C=O) groups excluding carboxylic acids is 2. The molecule has 1 aliphatic rings. The van der Waals surface area contributed by atoms with E-state index in [9.17, 15) is 9.59 Å². The van der Waals surface area contributed by atoms with Gasteiger partial charge < -0.3 is 15.5 Å². The van der Waals surface area contributed by atoms with Crippen LogP contribution in [0.5, 0.6) is 0 Å². The van der Waals surface area contributed by atoms with Crippen molar-refractivity contribution in [2.24, 2.45) is 5.73 Å². The molecule has 20 heavy (non-hydrogen) atoms. The largest absolute Gasteiger partial charge is 0.335 e. The van der Waals surface area contributed by atoms with Crippen molar-refractivity contribution in [2.45, 2.75) is 19.9 Å². The van der Waals surface area contributed by atoms with Crippen LogP contribution in [-0.4, -0.2) is 48.3 Å². The zero-order valence-corrected chi connectivity index (χ0v) is 12.2. The van der Waals surface area contributed by atoms with Gasteiger partial charge in [-0.3, -0.25) is 9.59 Å². The second-order valence-electron chi connectivity index (χ2n) is 5.55. The molecule has 5 heteroatoms. The second kappa shape index (κ2) is 5.63. The van der Waals surface area contributed by atoms with Crippen molar-refractivity contribution in [1.29, 1.82) is 0 Å². The van der Waals surface area contributed by atoms with Gasteiger partial charge in [-0.05, 0) is 19.4 Å². The van der Waals surface area contributed by atoms with Gasteiger partial charge in [0.15, 0.2) is 0 Å². The average Bonchev–Trinajstić information content (AvgIpc) is 2.34. The highest BCUT2D eigenvalue weighted by molar-refractivity contribution is 5.92. The van der Waals surface area contributed by atoms with Crippen molar-refractivity contribution in [3.63, 3.8) is 0 Å². The minimum Gasteiger partial charge on any atom is -0.335 e. The standard InChI is InChI=1S/C15H21N3O2/c1-10-4-11(2)6-12(5-10)13(16)7-18-9-14(19)17(3)8-15(18)20/h4-6,13H,7-9,16H2,1-3H3. The second-order valence-corrected chi connectivity index (χ2v) is 5.55. The zero-order valence-electron chi connectivity index (χ0n) is 12.2. The van der Waals surface area contributed by atoms with E-state index < -0.39 is 0 Å². The van der Waals surface area contributed by atoms with Gasteiger partial charge in [-0.25, -0.2) is 0 Å². The molecule has 1 saturated heterocycles. The number of likely N-dealkylation sites (N-methyl/N-ethyl adjacent to an activating group) is 1. The molecule has 0 saturated carbocycles. The number of nitrogens with zero attached hydrogens (tertiary/aromatic N) is 2. The number of hydrogen-bond acceptors (Lipinski definition) is 3. The molecule has 5 nitrogen and oxygen atoms in total. The zero-order chi connectivity index (χ0) is 14.9. The summed E-state index contributed by atoms with van der Waals surface area (Å²) in [7, 11) is 1.64. The van der Waals surface area contributed by atoms with E-state index in [1.54, 1.807) is 11.9 Å². The van der Waals surface area contributed by atoms with E-state index in [0.29, 0.717) is 6.54 Å². The summed E-state index contributed by atoms with van der Waals surface area (Å²) in [5.41, 5.74) is 9.49. The maximum Gasteiger partial charge on any atom is 0.242 e. The van der Waals surface area contributed by atoms with Crippen LogP contribution >= 0.6 is 0 Å². The van der Waals surface area contributed by atoms with Gasteiger partial charge in [-0.15, -0.1) is 0 Å². The monoisotopic (exact) mass is 275 g/mol. The molecular formula is C15H21N3O2. The van der Waals surface area contributed by atoms with Crippen molar-refractivity contribution >= 4 is 11.8 Å². The molecule has 1 fully saturated rings. The molecule has 0 aliphatic carbocycles. The number of hydrogen-bond donors (Lipinski definition) is 1. The Balaban J connectivity index is 2.09. The maximum absolute atomic E-state index is 11.9. The third-order valence-corrected chi connectivity index (χ3v) is 3.57. The lowest BCUT2D eigenvalue weighted by molar-refractivity contribution is -0.148. The first kappa shape index (κ1) is 14.5. The van der Waals surface area contributed by atoms with Gasteiger partial charge in [0.25, 0.3) is 0 Å². The Morgan fingerprint density at radius 2 is 1.70 bits per heavy atom. The van der Waals surface area contributed by atoms with Gasteiger partial charge >= 0.3 is 0 Å². The summed E-state index contributed by atoms with van der Waals surface area (Å²) in [6, 6.07) is 5.87. The van der Waals surface area contributed by atoms with Crippen LogP contribution < -0.4 is 5.73 Å². The topological polar surface area (TPSA) is 66.6 Å². The van der Waals surface area contributed by atoms with E-state index in [4.69, 9.17) is 5.73 Å². The summed E-state index contributed by atoms with van der Waals surface area (Å²) in [5.74, 6) is -0.0934. The van der Waals surface area contributed by atoms with Crippen LogP contribution in [0.3, 0.4) is 0 Å². The molecular weight excluding hydrogens is 254 g/mol. The van der Waals surface area contributed by atoms with Gasteiger partial charge in [0.05, 0.1) is 13.1 Å². The minimum absolute atomic E-state index is 0.0442. The van der Waals surface area contributed by atoms with Gasteiger partial charge in [-0.2, -0.15) is 0 Å². The fourth-order valence-electron chi connectivity index (χ4n) is 2.50. The highest BCUT2D eigenvalue weighted by Gasteiger charge is 2.28. The van der Waals surface area contributed by atoms with Crippen molar-refractivity contribution < 1.29 is 9.59 Å². The molecule has 1 aliphatic heterocycles. The number of nitrogens with two attached hydrogens (primary N) is 1. The number of carbonyl (C=O) groups is 2. The Labute approximate surface area is 119 Å². The number of aryl methyl sites for hydroxylation is 2. The minimum atomic E-state index is -0.270. The third-order valence-electron chi connectivity index (χ3n) is 3.57. The van der Waals surface area contributed by atoms with E-state index in [1.807, 2.05) is 26.0 Å². The molecule has 1 unspecified atom stereocenters. The molecule has 2 amide bonds. The number of benzene rings is 1. The number of piperazine rings is 1. The highest BCUT2D eigenvalue weighted by atomic mass is 16.2. The lowest BCUT2D eigenvalue weighted by Gasteiger charge is -2.33. The van der Waals surface area contributed by atoms with Gasteiger partial charge in [0.1, 0.15) is 0 Å². The van der Waals surface area contributed by atoms with E-state index in [1.165, 1.54) is 4.90 Å². The molecule has 108 valence electrons. The van der Waals surface area contributed by atoms with Crippen molar-refractivity contribution in [3.05, 3.63) is 34.9 Å². The number of amides is 2. The summed E-state index contributed by atoms with van der Waals surface area (Å²) in [6.45, 7) is 4.68. The van der Waals surface area contributed by atoms with Gasteiger partial charge in [0, 0.05) is 19.6 Å². The normalized spacial score (nSPS) is 17.6. The molecule has 2 N–H and O–H groups in total. The van der Waals surface area contributed by atoms with Crippen LogP contribution in [0.25, 0.3) is 0 Å². The first-order valence-electron chi connectivity index (χ1n) is 6.72. The first-order valence-corrected chi connectivity index (χ1v) is 6.72. The molecule has 1 heterocycles. The lowest BCUT2D eigenvalue weighted by Crippen LogP contribution is -2.53. The van der Waals surface area contributed by atoms with Crippen LogP contribution in [0.4, 0.5) is 0 Å². The Kier molecular flexibility index (Phi) is 4.09. The molecule has 0 aromatic heterocycles. The molecule has 1 aromatic carbocycles. The molecule has 0 bridgehead atoms. The predicted octanol–water partition coefficient (Wildman–Crippen LogP) is 0.604. The van der Waals surface area contributed by atoms with E-state index in [-0.39, 0.29) is 30.9 Å². The average molecular weight is 275 g/mol. The summed E-state index contributed by atoms with van der Waals surface area (Å²) in [5, 5.41) is 0. The SMILES string of the molecule is Cc1cc(C)cc(C(N)CN2CC(=O)N(C)CC2=O)c1. The Morgan fingerprint density at radius 3 is 2.30 bits per heavy atom. The van der Waals surface area contributed by atoms with Crippen molar-refractivity contribution in [1.82, 2.24) is 9.80 Å². The third kappa shape index (κ3) is 3.17. The summed E-state index contributed by atoms with van der Waals surface area (Å²) in [6.07, 6.45) is 0. The van der Waals surface area contributed by atoms with Crippen LogP contribution in [0, 0.1) is 13.8 Å². The Morgan fingerprint density at radius 1 is 1.10 bits per heavy atom. The highest BCUT2D eigenvalue weighted by Crippen LogP contribution is 2.17. The summed E-state index contributed by atoms with van der Waals surface area (Å²) >= 11 is 0. The summed E-state index contributed by atoms with van der Waals surface area (Å²) < 4.78 is 0. The fourth-order valence-corrected chi connectivity index (χ4v) is 2.50. The summed E-state index contributed by atoms with van der Waals surface area (Å²) in [4.78, 5) is 26.6. The van der Waals surface area contributed by atoms with Crippen LogP contribution in [0.15, 0.2) is 18.2 Å². The van der Waals surface area contributed by atoms with Crippen molar-refractivity contribution in [3.8, 4) is 0 Å². The first-order chi connectivity index (χ1) is 9.36. The van der Waals surface area contributed by atoms with Crippen LogP contribution in [0.1, 0.15) is 22.7 Å². The molecule has 2 rings (SSSR count). The molecule has 0 radical (unpaired) electrons. The lowest BCUT2D eigenvalue weighted by atomic mass is 10.0. The Hall–Kier alpha value is -1.88. The van der Waals surface area contributed by atoms with E-state index in [0.717, 1.165) is 16.7 Å².